The van der Waals surface area contributed by atoms with E-state index in [-0.39, 0.29) is 23.4 Å². The fourth-order valence-corrected chi connectivity index (χ4v) is 4.20. The van der Waals surface area contributed by atoms with Crippen LogP contribution in [0.4, 0.5) is 0 Å². The highest BCUT2D eigenvalue weighted by Crippen LogP contribution is 2.24. The quantitative estimate of drug-likeness (QED) is 0.482. The van der Waals surface area contributed by atoms with Crippen molar-refractivity contribution in [3.8, 4) is 0 Å². The second-order valence-corrected chi connectivity index (χ2v) is 7.90. The normalized spacial score (nSPS) is 12.4. The van der Waals surface area contributed by atoms with Gasteiger partial charge in [0, 0.05) is 48.0 Å². The fourth-order valence-electron chi connectivity index (χ4n) is 4.11. The first kappa shape index (κ1) is 24.4. The molecular weight excluding hydrogens is 420 g/mol. The maximum atomic E-state index is 11.7. The Morgan fingerprint density at radius 1 is 1.03 bits per heavy atom. The third-order valence-corrected chi connectivity index (χ3v) is 5.54. The van der Waals surface area contributed by atoms with Crippen molar-refractivity contribution >= 4 is 35.0 Å². The van der Waals surface area contributed by atoms with Gasteiger partial charge in [0.2, 0.25) is 0 Å². The Morgan fingerprint density at radius 2 is 1.65 bits per heavy atom. The Hall–Kier alpha value is -2.87. The van der Waals surface area contributed by atoms with Crippen molar-refractivity contribution in [1.29, 1.82) is 0 Å². The van der Waals surface area contributed by atoms with E-state index in [1.807, 2.05) is 18.4 Å². The second-order valence-electron chi connectivity index (χ2n) is 7.52. The van der Waals surface area contributed by atoms with E-state index in [2.05, 4.69) is 15.6 Å². The number of amides is 2. The van der Waals surface area contributed by atoms with Gasteiger partial charge in [0.05, 0.1) is 0 Å². The van der Waals surface area contributed by atoms with Gasteiger partial charge < -0.3 is 20.2 Å². The van der Waals surface area contributed by atoms with Crippen molar-refractivity contribution in [2.75, 3.05) is 19.0 Å². The maximum absolute atomic E-state index is 11.7. The van der Waals surface area contributed by atoms with Crippen molar-refractivity contribution in [1.82, 2.24) is 20.2 Å². The first-order chi connectivity index (χ1) is 14.5. The van der Waals surface area contributed by atoms with Gasteiger partial charge in [-0.25, -0.2) is 0 Å². The Balaban J connectivity index is 0.000000220. The molecule has 2 amide bonds. The molecule has 0 atom stereocenters. The summed E-state index contributed by atoms with van der Waals surface area (Å²) in [5, 5.41) is 5.44. The number of carbonyl (C=O) groups excluding carboxylic acids is 4. The molecule has 0 radical (unpaired) electrons. The van der Waals surface area contributed by atoms with Gasteiger partial charge in [0.15, 0.2) is 11.6 Å². The van der Waals surface area contributed by atoms with Crippen LogP contribution in [-0.2, 0) is 6.54 Å². The summed E-state index contributed by atoms with van der Waals surface area (Å²) in [7, 11) is 0. The summed E-state index contributed by atoms with van der Waals surface area (Å²) in [4.78, 5) is 49.1. The summed E-state index contributed by atoms with van der Waals surface area (Å²) in [5.74, 6) is 0.0507. The fraction of sp³-hybridized carbons (Fsp3) is 0.455. The number of Topliss-reactive ketones (excluding diaryl/α,β-unsaturated/α-hetero) is 2. The molecule has 0 aromatic carbocycles. The zero-order chi connectivity index (χ0) is 23.5. The van der Waals surface area contributed by atoms with Crippen LogP contribution in [0.15, 0.2) is 0 Å². The topological polar surface area (TPSA) is 113 Å². The molecule has 168 valence electrons. The molecule has 9 heteroatoms. The molecule has 2 aromatic heterocycles. The number of fused-ring (bicyclic) bond motifs is 1. The maximum Gasteiger partial charge on any atom is 0.268 e. The van der Waals surface area contributed by atoms with Crippen LogP contribution in [0.2, 0.25) is 0 Å². The highest BCUT2D eigenvalue weighted by Gasteiger charge is 2.26. The molecule has 2 aromatic rings. The number of ketones is 2. The molecule has 3 heterocycles. The van der Waals surface area contributed by atoms with Crippen molar-refractivity contribution < 1.29 is 19.2 Å². The number of nitrogens with one attached hydrogen (secondary N) is 3. The highest BCUT2D eigenvalue weighted by molar-refractivity contribution is 6.18. The molecule has 0 spiro atoms. The smallest absolute Gasteiger partial charge is 0.268 e. The van der Waals surface area contributed by atoms with Gasteiger partial charge in [-0.15, -0.1) is 11.6 Å². The molecule has 3 N–H and O–H groups in total. The minimum atomic E-state index is -0.228. The Kier molecular flexibility index (Phi) is 7.84. The average molecular weight is 449 g/mol. The van der Waals surface area contributed by atoms with Crippen LogP contribution in [0.1, 0.15) is 78.1 Å². The summed E-state index contributed by atoms with van der Waals surface area (Å²) in [5.41, 5.74) is 5.50. The van der Waals surface area contributed by atoms with E-state index >= 15 is 0 Å². The van der Waals surface area contributed by atoms with E-state index in [9.17, 15) is 19.2 Å². The van der Waals surface area contributed by atoms with Crippen LogP contribution in [0.3, 0.4) is 0 Å². The Morgan fingerprint density at radius 3 is 2.13 bits per heavy atom. The number of rotatable bonds is 5. The van der Waals surface area contributed by atoms with Gasteiger partial charge in [0.25, 0.3) is 11.8 Å². The minimum Gasteiger partial charge on any atom is -0.354 e. The SMILES string of the molecule is CC(=O)c1c(C)[nH]c(C(=O)NCCCl)c1C.CC(=O)c1c(C)c2n(c1C)CCNC2=O. The molecule has 0 bridgehead atoms. The van der Waals surface area contributed by atoms with Gasteiger partial charge in [-0.2, -0.15) is 0 Å². The van der Waals surface area contributed by atoms with E-state index in [0.29, 0.717) is 47.0 Å². The number of hydrogen-bond acceptors (Lipinski definition) is 4. The van der Waals surface area contributed by atoms with Crippen LogP contribution < -0.4 is 10.6 Å². The summed E-state index contributed by atoms with van der Waals surface area (Å²) < 4.78 is 1.94. The minimum absolute atomic E-state index is 0.0275. The van der Waals surface area contributed by atoms with Crippen LogP contribution in [-0.4, -0.2) is 51.9 Å². The zero-order valence-electron chi connectivity index (χ0n) is 18.8. The molecule has 0 saturated carbocycles. The first-order valence-electron chi connectivity index (χ1n) is 10.1. The lowest BCUT2D eigenvalue weighted by Crippen LogP contribution is -2.35. The summed E-state index contributed by atoms with van der Waals surface area (Å²) in [6, 6.07) is 0. The highest BCUT2D eigenvalue weighted by atomic mass is 35.5. The standard InChI is InChI=1S/C11H15ClN2O2.C11H14N2O2/c1-6-9(8(3)15)7(2)14-10(6)11(16)13-5-4-12;1-6-9(8(3)14)7(2)13-5-4-12-11(15)10(6)13/h14H,4-5H2,1-3H3,(H,13,16);4-5H2,1-3H3,(H,12,15). The van der Waals surface area contributed by atoms with Crippen LogP contribution in [0.25, 0.3) is 0 Å². The summed E-state index contributed by atoms with van der Waals surface area (Å²) >= 11 is 5.48. The summed E-state index contributed by atoms with van der Waals surface area (Å²) in [6.45, 7) is 12.1. The lowest BCUT2D eigenvalue weighted by molar-refractivity contribution is 0.0923. The molecule has 0 aliphatic carbocycles. The average Bonchev–Trinajstić information content (AvgIpc) is 3.14. The van der Waals surface area contributed by atoms with Crippen molar-refractivity contribution in [2.45, 2.75) is 48.1 Å². The van der Waals surface area contributed by atoms with Gasteiger partial charge >= 0.3 is 0 Å². The van der Waals surface area contributed by atoms with E-state index in [1.54, 1.807) is 20.8 Å². The van der Waals surface area contributed by atoms with Gasteiger partial charge in [-0.1, -0.05) is 0 Å². The summed E-state index contributed by atoms with van der Waals surface area (Å²) in [6.07, 6.45) is 0. The van der Waals surface area contributed by atoms with Crippen LogP contribution in [0.5, 0.6) is 0 Å². The number of H-pyrrole nitrogens is 1. The third kappa shape index (κ3) is 4.90. The van der Waals surface area contributed by atoms with E-state index in [1.165, 1.54) is 6.92 Å². The van der Waals surface area contributed by atoms with Crippen LogP contribution in [0, 0.1) is 27.7 Å². The zero-order valence-corrected chi connectivity index (χ0v) is 19.5. The van der Waals surface area contributed by atoms with E-state index in [0.717, 1.165) is 23.5 Å². The lowest BCUT2D eigenvalue weighted by Gasteiger charge is -2.17. The lowest BCUT2D eigenvalue weighted by atomic mass is 10.1. The molecule has 8 nitrogen and oxygen atoms in total. The number of halogens is 1. The van der Waals surface area contributed by atoms with Crippen molar-refractivity contribution in [3.05, 3.63) is 45.0 Å². The molecule has 31 heavy (non-hydrogen) atoms. The number of alkyl halides is 1. The number of aromatic nitrogens is 2. The molecule has 3 rings (SSSR count). The molecule has 0 unspecified atom stereocenters. The molecule has 0 fully saturated rings. The van der Waals surface area contributed by atoms with Crippen molar-refractivity contribution in [3.63, 3.8) is 0 Å². The third-order valence-electron chi connectivity index (χ3n) is 5.35. The number of carbonyl (C=O) groups is 4. The van der Waals surface area contributed by atoms with Gasteiger partial charge in [0.1, 0.15) is 11.4 Å². The molecule has 1 aliphatic heterocycles. The predicted octanol–water partition coefficient (Wildman–Crippen LogP) is 2.85. The Bertz CT molecular complexity index is 1050. The largest absolute Gasteiger partial charge is 0.354 e. The second kappa shape index (κ2) is 9.96. The number of aryl methyl sites for hydroxylation is 1. The number of aromatic amines is 1. The van der Waals surface area contributed by atoms with Crippen LogP contribution >= 0.6 is 11.6 Å². The Labute approximate surface area is 186 Å². The predicted molar refractivity (Wildman–Crippen MR) is 120 cm³/mol. The molecular formula is C22H29ClN4O4. The molecule has 1 aliphatic rings. The van der Waals surface area contributed by atoms with Gasteiger partial charge in [-0.05, 0) is 52.7 Å². The van der Waals surface area contributed by atoms with E-state index in [4.69, 9.17) is 11.6 Å². The first-order valence-corrected chi connectivity index (χ1v) is 10.6. The number of hydrogen-bond donors (Lipinski definition) is 3. The van der Waals surface area contributed by atoms with E-state index < -0.39 is 0 Å². The van der Waals surface area contributed by atoms with Crippen molar-refractivity contribution in [2.24, 2.45) is 0 Å². The number of nitrogens with zero attached hydrogens (tertiary/aromatic N) is 1. The molecule has 0 saturated heterocycles. The van der Waals surface area contributed by atoms with Gasteiger partial charge in [-0.3, -0.25) is 19.2 Å². The monoisotopic (exact) mass is 448 g/mol.